The third-order valence-corrected chi connectivity index (χ3v) is 3.20. The molecule has 1 aromatic rings. The summed E-state index contributed by atoms with van der Waals surface area (Å²) in [5.74, 6) is 0.716. The second-order valence-corrected chi connectivity index (χ2v) is 5.53. The van der Waals surface area contributed by atoms with Crippen LogP contribution in [0.25, 0.3) is 0 Å². The van der Waals surface area contributed by atoms with E-state index in [1.165, 1.54) is 0 Å². The van der Waals surface area contributed by atoms with E-state index in [0.717, 1.165) is 6.42 Å². The Morgan fingerprint density at radius 2 is 2.10 bits per heavy atom. The lowest BCUT2D eigenvalue weighted by Crippen LogP contribution is -2.37. The van der Waals surface area contributed by atoms with Gasteiger partial charge < -0.3 is 15.2 Å². The van der Waals surface area contributed by atoms with Gasteiger partial charge in [0, 0.05) is 12.1 Å². The van der Waals surface area contributed by atoms with Crippen LogP contribution in [-0.2, 0) is 11.4 Å². The Labute approximate surface area is 125 Å². The van der Waals surface area contributed by atoms with Crippen molar-refractivity contribution in [3.63, 3.8) is 0 Å². The lowest BCUT2D eigenvalue weighted by Gasteiger charge is -2.18. The summed E-state index contributed by atoms with van der Waals surface area (Å²) in [7, 11) is 0. The Morgan fingerprint density at radius 3 is 2.70 bits per heavy atom. The predicted octanol–water partition coefficient (Wildman–Crippen LogP) is 2.76. The number of hydrogen-bond acceptors (Lipinski definition) is 3. The van der Waals surface area contributed by atoms with Crippen LogP contribution in [0.5, 0.6) is 5.75 Å². The molecule has 5 heteroatoms. The average molecular weight is 300 g/mol. The molecule has 1 unspecified atom stereocenters. The maximum atomic E-state index is 11.9. The molecule has 0 radical (unpaired) electrons. The highest BCUT2D eigenvalue weighted by atomic mass is 35.5. The largest absolute Gasteiger partial charge is 0.479 e. The first-order valence-electron chi connectivity index (χ1n) is 6.78. The number of nitrogens with one attached hydrogen (secondary N) is 1. The highest BCUT2D eigenvalue weighted by Gasteiger charge is 2.17. The van der Waals surface area contributed by atoms with E-state index in [-0.39, 0.29) is 12.5 Å². The smallest absolute Gasteiger partial charge is 0.260 e. The van der Waals surface area contributed by atoms with Crippen molar-refractivity contribution in [1.29, 1.82) is 0 Å². The molecule has 0 heterocycles. The van der Waals surface area contributed by atoms with Gasteiger partial charge in [-0.15, -0.1) is 0 Å². The molecule has 2 N–H and O–H groups in total. The minimum Gasteiger partial charge on any atom is -0.479 e. The lowest BCUT2D eigenvalue weighted by atomic mass is 10.1. The third kappa shape index (κ3) is 5.02. The molecule has 1 aromatic carbocycles. The summed E-state index contributed by atoms with van der Waals surface area (Å²) in [6.07, 6.45) is 0.263. The molecule has 4 nitrogen and oxygen atoms in total. The first-order valence-corrected chi connectivity index (χ1v) is 7.16. The van der Waals surface area contributed by atoms with Crippen LogP contribution in [0.1, 0.15) is 32.8 Å². The highest BCUT2D eigenvalue weighted by molar-refractivity contribution is 6.32. The molecule has 0 spiro atoms. The first-order chi connectivity index (χ1) is 9.45. The number of ether oxygens (including phenoxy) is 1. The number of rotatable bonds is 7. The van der Waals surface area contributed by atoms with Crippen molar-refractivity contribution < 1.29 is 14.6 Å². The molecule has 1 amide bonds. The number of para-hydroxylation sites is 1. The number of halogens is 1. The fourth-order valence-corrected chi connectivity index (χ4v) is 1.91. The van der Waals surface area contributed by atoms with Crippen molar-refractivity contribution in [3.8, 4) is 5.75 Å². The van der Waals surface area contributed by atoms with Crippen molar-refractivity contribution in [1.82, 2.24) is 5.32 Å². The molecule has 0 aliphatic heterocycles. The minimum atomic E-state index is -0.660. The SMILES string of the molecule is CC(C)CCNC(=O)C(C)Oc1c(Cl)cccc1CO. The number of aliphatic hydroxyl groups excluding tert-OH is 1. The van der Waals surface area contributed by atoms with Crippen LogP contribution in [0, 0.1) is 5.92 Å². The molecular weight excluding hydrogens is 278 g/mol. The molecule has 20 heavy (non-hydrogen) atoms. The Kier molecular flexibility index (Phi) is 6.82. The molecule has 1 atom stereocenters. The maximum Gasteiger partial charge on any atom is 0.260 e. The topological polar surface area (TPSA) is 58.6 Å². The van der Waals surface area contributed by atoms with Crippen molar-refractivity contribution in [3.05, 3.63) is 28.8 Å². The van der Waals surface area contributed by atoms with Gasteiger partial charge in [0.2, 0.25) is 0 Å². The third-order valence-electron chi connectivity index (χ3n) is 2.90. The molecule has 1 rings (SSSR count). The number of hydrogen-bond donors (Lipinski definition) is 2. The van der Waals surface area contributed by atoms with Crippen LogP contribution >= 0.6 is 11.6 Å². The number of aliphatic hydroxyl groups is 1. The van der Waals surface area contributed by atoms with E-state index < -0.39 is 6.10 Å². The van der Waals surface area contributed by atoms with E-state index in [1.807, 2.05) is 0 Å². The first kappa shape index (κ1) is 16.8. The fourth-order valence-electron chi connectivity index (χ4n) is 1.67. The van der Waals surface area contributed by atoms with Crippen molar-refractivity contribution in [2.45, 2.75) is 39.9 Å². The molecular formula is C15H22ClNO3. The highest BCUT2D eigenvalue weighted by Crippen LogP contribution is 2.29. The zero-order chi connectivity index (χ0) is 15.1. The summed E-state index contributed by atoms with van der Waals surface area (Å²) in [5.41, 5.74) is 0.569. The van der Waals surface area contributed by atoms with E-state index in [4.69, 9.17) is 16.3 Å². The lowest BCUT2D eigenvalue weighted by molar-refractivity contribution is -0.127. The number of benzene rings is 1. The number of carbonyl (C=O) groups excluding carboxylic acids is 1. The summed E-state index contributed by atoms with van der Waals surface area (Å²) in [6.45, 7) is 6.30. The van der Waals surface area contributed by atoms with E-state index in [2.05, 4.69) is 19.2 Å². The van der Waals surface area contributed by atoms with Gasteiger partial charge in [0.1, 0.15) is 5.75 Å². The predicted molar refractivity (Wildman–Crippen MR) is 79.9 cm³/mol. The molecule has 0 saturated heterocycles. The van der Waals surface area contributed by atoms with Gasteiger partial charge in [-0.2, -0.15) is 0 Å². The molecule has 0 aliphatic rings. The maximum absolute atomic E-state index is 11.9. The number of carbonyl (C=O) groups is 1. The second kappa shape index (κ2) is 8.12. The van der Waals surface area contributed by atoms with Crippen LogP contribution < -0.4 is 10.1 Å². The van der Waals surface area contributed by atoms with Gasteiger partial charge in [-0.1, -0.05) is 37.6 Å². The molecule has 0 aromatic heterocycles. The normalized spacial score (nSPS) is 12.3. The second-order valence-electron chi connectivity index (χ2n) is 5.12. The zero-order valence-corrected chi connectivity index (χ0v) is 12.9. The molecule has 0 aliphatic carbocycles. The standard InChI is InChI=1S/C15H22ClNO3/c1-10(2)7-8-17-15(19)11(3)20-14-12(9-18)5-4-6-13(14)16/h4-6,10-11,18H,7-9H2,1-3H3,(H,17,19). The summed E-state index contributed by atoms with van der Waals surface area (Å²) in [5, 5.41) is 12.5. The zero-order valence-electron chi connectivity index (χ0n) is 12.1. The number of amides is 1. The summed E-state index contributed by atoms with van der Waals surface area (Å²) >= 11 is 6.04. The van der Waals surface area contributed by atoms with Crippen LogP contribution in [-0.4, -0.2) is 23.7 Å². The van der Waals surface area contributed by atoms with E-state index >= 15 is 0 Å². The van der Waals surface area contributed by atoms with Gasteiger partial charge in [-0.25, -0.2) is 0 Å². The van der Waals surface area contributed by atoms with Gasteiger partial charge in [0.25, 0.3) is 5.91 Å². The van der Waals surface area contributed by atoms with Crippen LogP contribution in [0.15, 0.2) is 18.2 Å². The van der Waals surface area contributed by atoms with Gasteiger partial charge in [0.15, 0.2) is 6.10 Å². The van der Waals surface area contributed by atoms with E-state index in [9.17, 15) is 9.90 Å². The van der Waals surface area contributed by atoms with E-state index in [0.29, 0.717) is 28.8 Å². The quantitative estimate of drug-likeness (QED) is 0.814. The van der Waals surface area contributed by atoms with Gasteiger partial charge in [0.05, 0.1) is 11.6 Å². The van der Waals surface area contributed by atoms with Gasteiger partial charge in [-0.3, -0.25) is 4.79 Å². The van der Waals surface area contributed by atoms with Gasteiger partial charge >= 0.3 is 0 Å². The Morgan fingerprint density at radius 1 is 1.40 bits per heavy atom. The molecule has 0 saturated carbocycles. The summed E-state index contributed by atoms with van der Waals surface area (Å²) < 4.78 is 5.58. The van der Waals surface area contributed by atoms with Crippen molar-refractivity contribution in [2.75, 3.05) is 6.54 Å². The summed E-state index contributed by atoms with van der Waals surface area (Å²) in [6, 6.07) is 5.11. The van der Waals surface area contributed by atoms with Crippen LogP contribution in [0.4, 0.5) is 0 Å². The van der Waals surface area contributed by atoms with Gasteiger partial charge in [-0.05, 0) is 25.3 Å². The molecule has 0 bridgehead atoms. The van der Waals surface area contributed by atoms with Crippen LogP contribution in [0.3, 0.4) is 0 Å². The van der Waals surface area contributed by atoms with E-state index in [1.54, 1.807) is 25.1 Å². The summed E-state index contributed by atoms with van der Waals surface area (Å²) in [4.78, 5) is 11.9. The minimum absolute atomic E-state index is 0.183. The van der Waals surface area contributed by atoms with Crippen LogP contribution in [0.2, 0.25) is 5.02 Å². The van der Waals surface area contributed by atoms with Crippen molar-refractivity contribution >= 4 is 17.5 Å². The average Bonchev–Trinajstić information content (AvgIpc) is 2.40. The Bertz CT molecular complexity index is 449. The van der Waals surface area contributed by atoms with Crippen molar-refractivity contribution in [2.24, 2.45) is 5.92 Å². The fraction of sp³-hybridized carbons (Fsp3) is 0.533. The Balaban J connectivity index is 2.61. The molecule has 0 fully saturated rings. The monoisotopic (exact) mass is 299 g/mol. The molecule has 112 valence electrons. The Hall–Kier alpha value is -1.26.